The highest BCUT2D eigenvalue weighted by molar-refractivity contribution is 5.97. The first-order chi connectivity index (χ1) is 19.3. The monoisotopic (exact) mass is 533 g/mol. The molecule has 0 radical (unpaired) electrons. The molecule has 0 spiro atoms. The number of nitrogens with two attached hydrogens (primary N) is 1. The summed E-state index contributed by atoms with van der Waals surface area (Å²) in [6, 6.07) is 25.4. The molecule has 1 aliphatic heterocycles. The van der Waals surface area contributed by atoms with Gasteiger partial charge >= 0.3 is 0 Å². The van der Waals surface area contributed by atoms with Crippen LogP contribution >= 0.6 is 0 Å². The van der Waals surface area contributed by atoms with Crippen LogP contribution in [0.2, 0.25) is 0 Å². The van der Waals surface area contributed by atoms with Crippen molar-refractivity contribution in [2.24, 2.45) is 11.7 Å². The van der Waals surface area contributed by atoms with Crippen LogP contribution in [0, 0.1) is 17.2 Å². The Morgan fingerprint density at radius 1 is 1.12 bits per heavy atom. The third-order valence-corrected chi connectivity index (χ3v) is 7.97. The smallest absolute Gasteiger partial charge is 0.254 e. The fourth-order valence-corrected chi connectivity index (χ4v) is 5.60. The van der Waals surface area contributed by atoms with Crippen molar-refractivity contribution in [3.05, 3.63) is 95.4 Å². The summed E-state index contributed by atoms with van der Waals surface area (Å²) >= 11 is 0. The average Bonchev–Trinajstić information content (AvgIpc) is 3.68. The van der Waals surface area contributed by atoms with Gasteiger partial charge in [0, 0.05) is 23.7 Å². The standard InChI is InChI=1S/C33H35N5O2/c1-4-22(2)29-15-10-16-38(29)31(39)27-18-25(28-14-9-8-13-24(28)21-34)17-26(19-27)30-36-37-32(40-30)33(3,35)20-23-11-6-5-7-12-23/h5-9,11-14,17-19,22,29H,4,10,15-16,20,35H2,1-3H3/t22?,29?,33-/m1/s1. The summed E-state index contributed by atoms with van der Waals surface area (Å²) in [7, 11) is 0. The van der Waals surface area contributed by atoms with Gasteiger partial charge in [0.2, 0.25) is 11.8 Å². The van der Waals surface area contributed by atoms with Crippen LogP contribution in [0.3, 0.4) is 0 Å². The molecule has 3 atom stereocenters. The molecule has 5 rings (SSSR count). The molecule has 3 aromatic carbocycles. The van der Waals surface area contributed by atoms with Gasteiger partial charge in [-0.2, -0.15) is 5.26 Å². The zero-order chi connectivity index (χ0) is 28.3. The molecule has 2 heterocycles. The largest absolute Gasteiger partial charge is 0.419 e. The Balaban J connectivity index is 1.56. The number of benzene rings is 3. The van der Waals surface area contributed by atoms with Crippen LogP contribution in [0.1, 0.15) is 67.4 Å². The van der Waals surface area contributed by atoms with E-state index in [9.17, 15) is 10.1 Å². The third kappa shape index (κ3) is 5.54. The van der Waals surface area contributed by atoms with Gasteiger partial charge in [0.25, 0.3) is 5.91 Å². The molecule has 0 bridgehead atoms. The van der Waals surface area contributed by atoms with E-state index in [1.165, 1.54) is 0 Å². The minimum Gasteiger partial charge on any atom is -0.419 e. The van der Waals surface area contributed by atoms with E-state index in [0.717, 1.165) is 42.5 Å². The average molecular weight is 534 g/mol. The molecule has 2 unspecified atom stereocenters. The fourth-order valence-electron chi connectivity index (χ4n) is 5.60. The van der Waals surface area contributed by atoms with Gasteiger partial charge in [-0.25, -0.2) is 0 Å². The maximum absolute atomic E-state index is 13.9. The van der Waals surface area contributed by atoms with Gasteiger partial charge in [0.05, 0.1) is 17.2 Å². The summed E-state index contributed by atoms with van der Waals surface area (Å²) in [4.78, 5) is 15.9. The van der Waals surface area contributed by atoms with E-state index in [1.54, 1.807) is 6.07 Å². The second-order valence-electron chi connectivity index (χ2n) is 11.0. The van der Waals surface area contributed by atoms with Crippen LogP contribution in [-0.4, -0.2) is 33.6 Å². The van der Waals surface area contributed by atoms with E-state index >= 15 is 0 Å². The van der Waals surface area contributed by atoms with Crippen molar-refractivity contribution < 1.29 is 9.21 Å². The molecular formula is C33H35N5O2. The van der Waals surface area contributed by atoms with E-state index in [0.29, 0.717) is 34.9 Å². The molecule has 204 valence electrons. The lowest BCUT2D eigenvalue weighted by atomic mass is 9.94. The first-order valence-electron chi connectivity index (χ1n) is 13.9. The molecule has 7 heteroatoms. The predicted molar refractivity (Wildman–Crippen MR) is 155 cm³/mol. The SMILES string of the molecule is CCC(C)C1CCCN1C(=O)c1cc(-c2nnc([C@](C)(N)Cc3ccccc3)o2)cc(-c2ccccc2C#N)c1. The van der Waals surface area contributed by atoms with Crippen molar-refractivity contribution >= 4 is 5.91 Å². The second-order valence-corrected chi connectivity index (χ2v) is 11.0. The van der Waals surface area contributed by atoms with Gasteiger partial charge in [0.15, 0.2) is 0 Å². The molecule has 1 aromatic heterocycles. The van der Waals surface area contributed by atoms with Crippen molar-refractivity contribution in [1.29, 1.82) is 5.26 Å². The van der Waals surface area contributed by atoms with Crippen molar-refractivity contribution in [3.8, 4) is 28.7 Å². The Morgan fingerprint density at radius 2 is 1.85 bits per heavy atom. The summed E-state index contributed by atoms with van der Waals surface area (Å²) in [6.45, 7) is 6.98. The lowest BCUT2D eigenvalue weighted by Crippen LogP contribution is -2.39. The molecule has 4 aromatic rings. The van der Waals surface area contributed by atoms with E-state index in [4.69, 9.17) is 10.2 Å². The Hall–Kier alpha value is -4.28. The van der Waals surface area contributed by atoms with Gasteiger partial charge < -0.3 is 15.1 Å². The van der Waals surface area contributed by atoms with Crippen LogP contribution in [0.25, 0.3) is 22.6 Å². The van der Waals surface area contributed by atoms with Crippen molar-refractivity contribution in [3.63, 3.8) is 0 Å². The second kappa shape index (κ2) is 11.4. The fraction of sp³-hybridized carbons (Fsp3) is 0.333. The maximum atomic E-state index is 13.9. The summed E-state index contributed by atoms with van der Waals surface area (Å²) in [5.74, 6) is 0.995. The van der Waals surface area contributed by atoms with Gasteiger partial charge in [0.1, 0.15) is 0 Å². The van der Waals surface area contributed by atoms with E-state index in [2.05, 4.69) is 30.1 Å². The lowest BCUT2D eigenvalue weighted by molar-refractivity contribution is 0.0692. The molecule has 1 saturated heterocycles. The van der Waals surface area contributed by atoms with Crippen LogP contribution in [0.15, 0.2) is 77.2 Å². The number of hydrogen-bond acceptors (Lipinski definition) is 6. The highest BCUT2D eigenvalue weighted by Gasteiger charge is 2.33. The molecule has 1 aliphatic rings. The summed E-state index contributed by atoms with van der Waals surface area (Å²) in [5.41, 5.74) is 10.0. The van der Waals surface area contributed by atoms with E-state index < -0.39 is 5.54 Å². The van der Waals surface area contributed by atoms with Gasteiger partial charge in [-0.05, 0) is 73.1 Å². The third-order valence-electron chi connectivity index (χ3n) is 7.97. The topological polar surface area (TPSA) is 109 Å². The molecule has 2 N–H and O–H groups in total. The van der Waals surface area contributed by atoms with E-state index in [1.807, 2.05) is 78.6 Å². The number of aromatic nitrogens is 2. The zero-order valence-electron chi connectivity index (χ0n) is 23.3. The van der Waals surface area contributed by atoms with Gasteiger partial charge in [-0.3, -0.25) is 4.79 Å². The molecule has 40 heavy (non-hydrogen) atoms. The molecule has 7 nitrogen and oxygen atoms in total. The Bertz CT molecular complexity index is 1540. The summed E-state index contributed by atoms with van der Waals surface area (Å²) in [5, 5.41) is 18.4. The number of likely N-dealkylation sites (tertiary alicyclic amines) is 1. The number of carbonyl (C=O) groups is 1. The first kappa shape index (κ1) is 27.3. The number of nitrogens with zero attached hydrogens (tertiary/aromatic N) is 4. The number of rotatable bonds is 8. The maximum Gasteiger partial charge on any atom is 0.254 e. The minimum absolute atomic E-state index is 0.0205. The van der Waals surface area contributed by atoms with Crippen LogP contribution in [-0.2, 0) is 12.0 Å². The van der Waals surface area contributed by atoms with Crippen LogP contribution in [0.4, 0.5) is 0 Å². The molecule has 1 fully saturated rings. The molecule has 1 amide bonds. The Labute approximate surface area is 235 Å². The van der Waals surface area contributed by atoms with Gasteiger partial charge in [-0.1, -0.05) is 68.8 Å². The summed E-state index contributed by atoms with van der Waals surface area (Å²) < 4.78 is 6.15. The van der Waals surface area contributed by atoms with Crippen LogP contribution < -0.4 is 5.73 Å². The molecular weight excluding hydrogens is 498 g/mol. The molecule has 0 aliphatic carbocycles. The molecule has 0 saturated carbocycles. The lowest BCUT2D eigenvalue weighted by Gasteiger charge is -2.29. The highest BCUT2D eigenvalue weighted by atomic mass is 16.4. The zero-order valence-corrected chi connectivity index (χ0v) is 23.3. The number of carbonyl (C=O) groups excluding carboxylic acids is 1. The number of hydrogen-bond donors (Lipinski definition) is 1. The Morgan fingerprint density at radius 3 is 2.60 bits per heavy atom. The van der Waals surface area contributed by atoms with E-state index in [-0.39, 0.29) is 17.8 Å². The quantitative estimate of drug-likeness (QED) is 0.283. The van der Waals surface area contributed by atoms with Crippen molar-refractivity contribution in [1.82, 2.24) is 15.1 Å². The highest BCUT2D eigenvalue weighted by Crippen LogP contribution is 2.34. The van der Waals surface area contributed by atoms with Gasteiger partial charge in [-0.15, -0.1) is 10.2 Å². The van der Waals surface area contributed by atoms with Crippen molar-refractivity contribution in [2.75, 3.05) is 6.54 Å². The number of nitriles is 1. The Kier molecular flexibility index (Phi) is 7.81. The normalized spacial score (nSPS) is 17.3. The van der Waals surface area contributed by atoms with Crippen molar-refractivity contribution in [2.45, 2.75) is 58.0 Å². The minimum atomic E-state index is -0.880. The number of amides is 1. The van der Waals surface area contributed by atoms with Crippen LogP contribution in [0.5, 0.6) is 0 Å². The first-order valence-corrected chi connectivity index (χ1v) is 13.9. The predicted octanol–water partition coefficient (Wildman–Crippen LogP) is 6.34. The summed E-state index contributed by atoms with van der Waals surface area (Å²) in [6.07, 6.45) is 3.55.